The summed E-state index contributed by atoms with van der Waals surface area (Å²) in [5.74, 6) is -0.449. The Morgan fingerprint density at radius 2 is 1.55 bits per heavy atom. The lowest BCUT2D eigenvalue weighted by Gasteiger charge is -2.08. The van der Waals surface area contributed by atoms with Gasteiger partial charge in [0.05, 0.1) is 11.3 Å². The number of nitrogens with two attached hydrogens (primary N) is 1. The second kappa shape index (κ2) is 7.73. The van der Waals surface area contributed by atoms with E-state index in [1.165, 1.54) is 0 Å². The smallest absolute Gasteiger partial charge is 0.209 e. The number of carbonyl (C=O) groups is 2. The van der Waals surface area contributed by atoms with Crippen molar-refractivity contribution in [3.05, 3.63) is 107 Å². The van der Waals surface area contributed by atoms with Gasteiger partial charge in [0.2, 0.25) is 5.78 Å². The monoisotopic (exact) mass is 401 g/mol. The van der Waals surface area contributed by atoms with E-state index in [4.69, 9.17) is 17.3 Å². The van der Waals surface area contributed by atoms with E-state index in [0.717, 1.165) is 0 Å². The van der Waals surface area contributed by atoms with Crippen molar-refractivity contribution in [3.63, 3.8) is 0 Å². The van der Waals surface area contributed by atoms with E-state index in [0.29, 0.717) is 27.3 Å². The molecule has 0 aliphatic heterocycles. The molecule has 4 aromatic rings. The van der Waals surface area contributed by atoms with E-state index in [2.05, 4.69) is 9.97 Å². The van der Waals surface area contributed by atoms with Crippen molar-refractivity contribution in [2.75, 3.05) is 5.73 Å². The maximum absolute atomic E-state index is 13.3. The van der Waals surface area contributed by atoms with Crippen LogP contribution in [-0.4, -0.2) is 21.5 Å². The Bertz CT molecular complexity index is 1200. The average molecular weight is 402 g/mol. The molecule has 6 heteroatoms. The third kappa shape index (κ3) is 3.56. The number of benzene rings is 2. The summed E-state index contributed by atoms with van der Waals surface area (Å²) in [5.41, 5.74) is 8.67. The number of nitrogen functional groups attached to an aromatic ring is 1. The summed E-state index contributed by atoms with van der Waals surface area (Å²) in [4.78, 5) is 33.4. The molecule has 0 bridgehead atoms. The standard InChI is InChI=1S/C23H16ClN3O2/c24-17-8-4-7-16(13-17)21(28)19-18(14-9-11-26-12-10-14)20(27-23(19)25)22(29)15-5-2-1-3-6-15/h1-13,27H,25H2. The van der Waals surface area contributed by atoms with E-state index >= 15 is 0 Å². The van der Waals surface area contributed by atoms with E-state index in [-0.39, 0.29) is 28.6 Å². The summed E-state index contributed by atoms with van der Waals surface area (Å²) in [6, 6.07) is 18.9. The topological polar surface area (TPSA) is 88.8 Å². The van der Waals surface area contributed by atoms with Gasteiger partial charge in [-0.25, -0.2) is 0 Å². The van der Waals surface area contributed by atoms with E-state index in [9.17, 15) is 9.59 Å². The lowest BCUT2D eigenvalue weighted by atomic mass is 9.93. The van der Waals surface area contributed by atoms with Gasteiger partial charge < -0.3 is 10.7 Å². The van der Waals surface area contributed by atoms with Gasteiger partial charge in [-0.3, -0.25) is 14.6 Å². The van der Waals surface area contributed by atoms with Crippen LogP contribution in [0.2, 0.25) is 5.02 Å². The number of aromatic nitrogens is 2. The number of ketones is 2. The zero-order valence-electron chi connectivity index (χ0n) is 15.2. The Morgan fingerprint density at radius 1 is 0.862 bits per heavy atom. The second-order valence-corrected chi connectivity index (χ2v) is 6.87. The zero-order valence-corrected chi connectivity index (χ0v) is 16.0. The van der Waals surface area contributed by atoms with Crippen LogP contribution < -0.4 is 5.73 Å². The van der Waals surface area contributed by atoms with E-state index in [1.54, 1.807) is 73.1 Å². The number of halogens is 1. The van der Waals surface area contributed by atoms with E-state index < -0.39 is 0 Å². The number of aromatic amines is 1. The summed E-state index contributed by atoms with van der Waals surface area (Å²) in [5, 5.41) is 0.441. The molecule has 0 radical (unpaired) electrons. The van der Waals surface area contributed by atoms with Gasteiger partial charge in [0.1, 0.15) is 5.82 Å². The predicted molar refractivity (Wildman–Crippen MR) is 113 cm³/mol. The first kappa shape index (κ1) is 18.7. The number of hydrogen-bond donors (Lipinski definition) is 2. The number of pyridine rings is 1. The molecule has 0 aliphatic rings. The molecule has 142 valence electrons. The Morgan fingerprint density at radius 3 is 2.24 bits per heavy atom. The Hall–Kier alpha value is -3.70. The first-order valence-corrected chi connectivity index (χ1v) is 9.26. The summed E-state index contributed by atoms with van der Waals surface area (Å²) in [6.07, 6.45) is 3.20. The van der Waals surface area contributed by atoms with Gasteiger partial charge in [0, 0.05) is 34.1 Å². The highest BCUT2D eigenvalue weighted by Gasteiger charge is 2.27. The van der Waals surface area contributed by atoms with Crippen LogP contribution in [0.15, 0.2) is 79.1 Å². The minimum atomic E-state index is -0.319. The SMILES string of the molecule is Nc1[nH]c(C(=O)c2ccccc2)c(-c2ccncc2)c1C(=O)c1cccc(Cl)c1. The van der Waals surface area contributed by atoms with Crippen molar-refractivity contribution >= 4 is 29.0 Å². The maximum atomic E-state index is 13.3. The van der Waals surface area contributed by atoms with Gasteiger partial charge in [-0.15, -0.1) is 0 Å². The fraction of sp³-hybridized carbons (Fsp3) is 0. The van der Waals surface area contributed by atoms with Crippen LogP contribution in [0.5, 0.6) is 0 Å². The summed E-state index contributed by atoms with van der Waals surface area (Å²) < 4.78 is 0. The fourth-order valence-electron chi connectivity index (χ4n) is 3.24. The molecule has 2 heterocycles. The molecule has 0 amide bonds. The number of nitrogens with zero attached hydrogens (tertiary/aromatic N) is 1. The fourth-order valence-corrected chi connectivity index (χ4v) is 3.43. The van der Waals surface area contributed by atoms with Gasteiger partial charge >= 0.3 is 0 Å². The molecule has 0 fully saturated rings. The van der Waals surface area contributed by atoms with Gasteiger partial charge in [0.15, 0.2) is 5.78 Å². The number of H-pyrrole nitrogens is 1. The minimum absolute atomic E-state index is 0.126. The lowest BCUT2D eigenvalue weighted by Crippen LogP contribution is -2.06. The van der Waals surface area contributed by atoms with Crippen LogP contribution in [0, 0.1) is 0 Å². The molecule has 2 aromatic carbocycles. The molecule has 3 N–H and O–H groups in total. The van der Waals surface area contributed by atoms with Crippen molar-refractivity contribution in [3.8, 4) is 11.1 Å². The average Bonchev–Trinajstić information content (AvgIpc) is 3.11. The number of carbonyl (C=O) groups excluding carboxylic acids is 2. The molecule has 2 aromatic heterocycles. The van der Waals surface area contributed by atoms with Crippen LogP contribution >= 0.6 is 11.6 Å². The Kier molecular flexibility index (Phi) is 4.97. The summed E-state index contributed by atoms with van der Waals surface area (Å²) >= 11 is 6.06. The second-order valence-electron chi connectivity index (χ2n) is 6.43. The predicted octanol–water partition coefficient (Wildman–Crippen LogP) is 4.77. The molecular weight excluding hydrogens is 386 g/mol. The Labute approximate surface area is 172 Å². The summed E-state index contributed by atoms with van der Waals surface area (Å²) in [6.45, 7) is 0. The van der Waals surface area contributed by atoms with Crippen molar-refractivity contribution in [1.29, 1.82) is 0 Å². The Balaban J connectivity index is 1.93. The molecule has 29 heavy (non-hydrogen) atoms. The highest BCUT2D eigenvalue weighted by atomic mass is 35.5. The molecule has 0 saturated carbocycles. The maximum Gasteiger partial charge on any atom is 0.209 e. The highest BCUT2D eigenvalue weighted by molar-refractivity contribution is 6.31. The molecule has 4 rings (SSSR count). The first-order valence-electron chi connectivity index (χ1n) is 8.88. The number of anilines is 1. The third-order valence-corrected chi connectivity index (χ3v) is 4.81. The molecule has 0 unspecified atom stereocenters. The lowest BCUT2D eigenvalue weighted by molar-refractivity contribution is 0.103. The molecule has 5 nitrogen and oxygen atoms in total. The quantitative estimate of drug-likeness (QED) is 0.471. The van der Waals surface area contributed by atoms with Gasteiger partial charge in [-0.1, -0.05) is 54.1 Å². The van der Waals surface area contributed by atoms with Gasteiger partial charge in [0.25, 0.3) is 0 Å². The number of nitrogens with one attached hydrogen (secondary N) is 1. The third-order valence-electron chi connectivity index (χ3n) is 4.57. The molecule has 0 saturated heterocycles. The molecular formula is C23H16ClN3O2. The zero-order chi connectivity index (χ0) is 20.4. The van der Waals surface area contributed by atoms with Gasteiger partial charge in [-0.2, -0.15) is 0 Å². The minimum Gasteiger partial charge on any atom is -0.385 e. The number of rotatable bonds is 5. The van der Waals surface area contributed by atoms with Crippen molar-refractivity contribution in [2.45, 2.75) is 0 Å². The van der Waals surface area contributed by atoms with Crippen LogP contribution in [0.1, 0.15) is 32.0 Å². The molecule has 0 aliphatic carbocycles. The number of hydrogen-bond acceptors (Lipinski definition) is 4. The van der Waals surface area contributed by atoms with Crippen LogP contribution in [0.3, 0.4) is 0 Å². The highest BCUT2D eigenvalue weighted by Crippen LogP contribution is 2.35. The first-order chi connectivity index (χ1) is 14.1. The van der Waals surface area contributed by atoms with Crippen LogP contribution in [0.25, 0.3) is 11.1 Å². The van der Waals surface area contributed by atoms with E-state index in [1.807, 2.05) is 6.07 Å². The van der Waals surface area contributed by atoms with Crippen LogP contribution in [0.4, 0.5) is 5.82 Å². The van der Waals surface area contributed by atoms with Gasteiger partial charge in [-0.05, 0) is 29.8 Å². The molecule has 0 spiro atoms. The van der Waals surface area contributed by atoms with Crippen LogP contribution in [-0.2, 0) is 0 Å². The summed E-state index contributed by atoms with van der Waals surface area (Å²) in [7, 11) is 0. The van der Waals surface area contributed by atoms with Crippen molar-refractivity contribution < 1.29 is 9.59 Å². The van der Waals surface area contributed by atoms with Crippen molar-refractivity contribution in [2.24, 2.45) is 0 Å². The molecule has 0 atom stereocenters. The van der Waals surface area contributed by atoms with Crippen molar-refractivity contribution in [1.82, 2.24) is 9.97 Å². The largest absolute Gasteiger partial charge is 0.385 e. The normalized spacial score (nSPS) is 10.7.